The normalized spacial score (nSPS) is 12.8. The summed E-state index contributed by atoms with van der Waals surface area (Å²) in [7, 11) is -0.960. The van der Waals surface area contributed by atoms with E-state index in [1.54, 1.807) is 48.5 Å². The molecule has 2 rings (SSSR count). The number of hydrogen-bond acceptors (Lipinski definition) is 3. The van der Waals surface area contributed by atoms with Crippen molar-refractivity contribution in [2.75, 3.05) is 14.1 Å². The lowest BCUT2D eigenvalue weighted by Crippen LogP contribution is -2.40. The van der Waals surface area contributed by atoms with Gasteiger partial charge in [-0.05, 0) is 41.8 Å². The molecule has 0 fully saturated rings. The van der Waals surface area contributed by atoms with E-state index >= 15 is 0 Å². The van der Waals surface area contributed by atoms with Crippen LogP contribution in [0.15, 0.2) is 53.4 Å². The van der Waals surface area contributed by atoms with E-state index in [2.05, 4.69) is 12.2 Å². The minimum Gasteiger partial charge on any atom is -0.357 e. The standard InChI is InChI=1S/C19H23ClN2O3S/c1-4-5-14-6-12-17(13-7-14)26(24,25)22(3)18(19(23)21-2)15-8-10-16(20)11-9-15/h6-13,18H,4-5H2,1-3H3,(H,21,23)/t18-/m1/s1. The van der Waals surface area contributed by atoms with Crippen molar-refractivity contribution < 1.29 is 13.2 Å². The van der Waals surface area contributed by atoms with Crippen LogP contribution in [0.25, 0.3) is 0 Å². The summed E-state index contributed by atoms with van der Waals surface area (Å²) in [4.78, 5) is 12.6. The number of halogens is 1. The van der Waals surface area contributed by atoms with Crippen molar-refractivity contribution in [3.05, 3.63) is 64.7 Å². The smallest absolute Gasteiger partial charge is 0.243 e. The van der Waals surface area contributed by atoms with Crippen molar-refractivity contribution in [1.29, 1.82) is 0 Å². The molecule has 0 radical (unpaired) electrons. The van der Waals surface area contributed by atoms with Gasteiger partial charge in [0.05, 0.1) is 4.90 Å². The second-order valence-electron chi connectivity index (χ2n) is 5.98. The summed E-state index contributed by atoms with van der Waals surface area (Å²) < 4.78 is 27.1. The lowest BCUT2D eigenvalue weighted by molar-refractivity contribution is -0.124. The molecule has 0 saturated carbocycles. The molecule has 0 aromatic heterocycles. The van der Waals surface area contributed by atoms with Crippen LogP contribution in [0.1, 0.15) is 30.5 Å². The highest BCUT2D eigenvalue weighted by atomic mass is 35.5. The molecule has 0 bridgehead atoms. The van der Waals surface area contributed by atoms with E-state index in [1.165, 1.54) is 14.1 Å². The number of carbonyl (C=O) groups excluding carboxylic acids is 1. The van der Waals surface area contributed by atoms with E-state index in [1.807, 2.05) is 0 Å². The van der Waals surface area contributed by atoms with E-state index in [9.17, 15) is 13.2 Å². The predicted octanol–water partition coefficient (Wildman–Crippen LogP) is 3.40. The average Bonchev–Trinajstić information content (AvgIpc) is 2.64. The molecule has 1 atom stereocenters. The summed E-state index contributed by atoms with van der Waals surface area (Å²) in [6.07, 6.45) is 1.88. The maximum absolute atomic E-state index is 13.0. The third-order valence-electron chi connectivity index (χ3n) is 4.18. The van der Waals surface area contributed by atoms with E-state index in [4.69, 9.17) is 11.6 Å². The minimum atomic E-state index is -3.84. The monoisotopic (exact) mass is 394 g/mol. The van der Waals surface area contributed by atoms with Crippen molar-refractivity contribution in [1.82, 2.24) is 9.62 Å². The molecule has 0 aliphatic carbocycles. The summed E-state index contributed by atoms with van der Waals surface area (Å²) in [6, 6.07) is 12.4. The Bertz CT molecular complexity index is 849. The first kappa shape index (κ1) is 20.4. The van der Waals surface area contributed by atoms with Crippen molar-refractivity contribution in [3.63, 3.8) is 0 Å². The van der Waals surface area contributed by atoms with E-state index in [0.717, 1.165) is 22.7 Å². The lowest BCUT2D eigenvalue weighted by atomic mass is 10.1. The van der Waals surface area contributed by atoms with Crippen LogP contribution in [-0.4, -0.2) is 32.7 Å². The highest BCUT2D eigenvalue weighted by molar-refractivity contribution is 7.89. The zero-order chi connectivity index (χ0) is 19.3. The van der Waals surface area contributed by atoms with Crippen LogP contribution in [0.2, 0.25) is 5.02 Å². The van der Waals surface area contributed by atoms with Crippen LogP contribution in [0.3, 0.4) is 0 Å². The van der Waals surface area contributed by atoms with Gasteiger partial charge in [-0.25, -0.2) is 8.42 Å². The van der Waals surface area contributed by atoms with Crippen molar-refractivity contribution >= 4 is 27.5 Å². The number of nitrogens with one attached hydrogen (secondary N) is 1. The highest BCUT2D eigenvalue weighted by Gasteiger charge is 2.33. The van der Waals surface area contributed by atoms with E-state index in [-0.39, 0.29) is 4.90 Å². The Morgan fingerprint density at radius 3 is 2.19 bits per heavy atom. The zero-order valence-electron chi connectivity index (χ0n) is 15.1. The first-order valence-electron chi connectivity index (χ1n) is 8.35. The first-order chi connectivity index (χ1) is 12.3. The zero-order valence-corrected chi connectivity index (χ0v) is 16.6. The molecule has 5 nitrogen and oxygen atoms in total. The third kappa shape index (κ3) is 4.44. The number of hydrogen-bond donors (Lipinski definition) is 1. The average molecular weight is 395 g/mol. The van der Waals surface area contributed by atoms with Gasteiger partial charge in [0.25, 0.3) is 0 Å². The molecule has 1 N–H and O–H groups in total. The van der Waals surface area contributed by atoms with Gasteiger partial charge >= 0.3 is 0 Å². The fourth-order valence-corrected chi connectivity index (χ4v) is 4.16. The fourth-order valence-electron chi connectivity index (χ4n) is 2.73. The van der Waals surface area contributed by atoms with Crippen LogP contribution in [0.5, 0.6) is 0 Å². The van der Waals surface area contributed by atoms with E-state index in [0.29, 0.717) is 10.6 Å². The molecule has 0 heterocycles. The Labute approximate surface area is 160 Å². The van der Waals surface area contributed by atoms with Gasteiger partial charge in [0.2, 0.25) is 15.9 Å². The van der Waals surface area contributed by atoms with E-state index < -0.39 is 22.0 Å². The predicted molar refractivity (Wildman–Crippen MR) is 104 cm³/mol. The number of likely N-dealkylation sites (N-methyl/N-ethyl adjacent to an activating group) is 2. The van der Waals surface area contributed by atoms with Gasteiger partial charge in [0, 0.05) is 19.1 Å². The molecule has 0 saturated heterocycles. The summed E-state index contributed by atoms with van der Waals surface area (Å²) in [5.74, 6) is -0.416. The highest BCUT2D eigenvalue weighted by Crippen LogP contribution is 2.27. The Kier molecular flexibility index (Phi) is 6.81. The number of nitrogens with zero attached hydrogens (tertiary/aromatic N) is 1. The van der Waals surface area contributed by atoms with Gasteiger partial charge in [0.1, 0.15) is 6.04 Å². The summed E-state index contributed by atoms with van der Waals surface area (Å²) in [5, 5.41) is 3.05. The molecular formula is C19H23ClN2O3S. The molecule has 140 valence electrons. The van der Waals surface area contributed by atoms with Crippen molar-refractivity contribution in [2.45, 2.75) is 30.7 Å². The molecule has 26 heavy (non-hydrogen) atoms. The Morgan fingerprint density at radius 1 is 1.12 bits per heavy atom. The fraction of sp³-hybridized carbons (Fsp3) is 0.316. The summed E-state index contributed by atoms with van der Waals surface area (Å²) in [5.41, 5.74) is 1.62. The van der Waals surface area contributed by atoms with Crippen LogP contribution in [-0.2, 0) is 21.2 Å². The summed E-state index contributed by atoms with van der Waals surface area (Å²) >= 11 is 5.90. The van der Waals surface area contributed by atoms with Gasteiger partial charge in [-0.2, -0.15) is 4.31 Å². The van der Waals surface area contributed by atoms with Gasteiger partial charge < -0.3 is 5.32 Å². The molecule has 0 aliphatic rings. The molecular weight excluding hydrogens is 372 g/mol. The van der Waals surface area contributed by atoms with Crippen molar-refractivity contribution in [2.24, 2.45) is 0 Å². The molecule has 0 aliphatic heterocycles. The number of aryl methyl sites for hydroxylation is 1. The SMILES string of the molecule is CCCc1ccc(S(=O)(=O)N(C)[C@@H](C(=O)NC)c2ccc(Cl)cc2)cc1. The number of rotatable bonds is 7. The van der Waals surface area contributed by atoms with Crippen molar-refractivity contribution in [3.8, 4) is 0 Å². The van der Waals surface area contributed by atoms with Gasteiger partial charge in [-0.3, -0.25) is 4.79 Å². The Morgan fingerprint density at radius 2 is 1.69 bits per heavy atom. The Hall–Kier alpha value is -1.89. The maximum atomic E-state index is 13.0. The molecule has 0 spiro atoms. The van der Waals surface area contributed by atoms with Crippen LogP contribution in [0.4, 0.5) is 0 Å². The van der Waals surface area contributed by atoms with Gasteiger partial charge in [-0.15, -0.1) is 0 Å². The van der Waals surface area contributed by atoms with Crippen LogP contribution >= 0.6 is 11.6 Å². The summed E-state index contributed by atoms with van der Waals surface area (Å²) in [6.45, 7) is 2.07. The number of carbonyl (C=O) groups is 1. The molecule has 0 unspecified atom stereocenters. The molecule has 7 heteroatoms. The maximum Gasteiger partial charge on any atom is 0.243 e. The topological polar surface area (TPSA) is 66.5 Å². The quantitative estimate of drug-likeness (QED) is 0.782. The third-order valence-corrected chi connectivity index (χ3v) is 6.27. The second-order valence-corrected chi connectivity index (χ2v) is 8.42. The van der Waals surface area contributed by atoms with Gasteiger partial charge in [-0.1, -0.05) is 49.2 Å². The number of benzene rings is 2. The van der Waals surface area contributed by atoms with Crippen LogP contribution < -0.4 is 5.32 Å². The first-order valence-corrected chi connectivity index (χ1v) is 10.2. The molecule has 2 aromatic carbocycles. The number of sulfonamides is 1. The van der Waals surface area contributed by atoms with Gasteiger partial charge in [0.15, 0.2) is 0 Å². The number of amides is 1. The molecule has 1 amide bonds. The lowest BCUT2D eigenvalue weighted by Gasteiger charge is -2.26. The van der Waals surface area contributed by atoms with Crippen LogP contribution in [0, 0.1) is 0 Å². The molecule has 2 aromatic rings. The minimum absolute atomic E-state index is 0.155. The second kappa shape index (κ2) is 8.66. The Balaban J connectivity index is 2.41. The largest absolute Gasteiger partial charge is 0.357 e.